The molecular weight excluding hydrogens is 250 g/mol. The van der Waals surface area contributed by atoms with E-state index in [1.54, 1.807) is 30.5 Å². The van der Waals surface area contributed by atoms with Crippen molar-refractivity contribution in [3.8, 4) is 17.6 Å². The summed E-state index contributed by atoms with van der Waals surface area (Å²) >= 11 is 0. The van der Waals surface area contributed by atoms with E-state index in [0.29, 0.717) is 22.7 Å². The summed E-state index contributed by atoms with van der Waals surface area (Å²) in [7, 11) is 0. The van der Waals surface area contributed by atoms with Gasteiger partial charge in [-0.25, -0.2) is 0 Å². The Hall–Kier alpha value is -3.06. The van der Waals surface area contributed by atoms with E-state index in [4.69, 9.17) is 15.7 Å². The van der Waals surface area contributed by atoms with Crippen molar-refractivity contribution in [3.05, 3.63) is 60.3 Å². The van der Waals surface area contributed by atoms with E-state index in [9.17, 15) is 0 Å². The smallest absolute Gasteiger partial charge is 0.161 e. The number of para-hydroxylation sites is 1. The maximum absolute atomic E-state index is 8.91. The summed E-state index contributed by atoms with van der Waals surface area (Å²) in [6.45, 7) is 0. The Morgan fingerprint density at radius 1 is 1.10 bits per heavy atom. The summed E-state index contributed by atoms with van der Waals surface area (Å²) in [5.74, 6) is 1.14. The Morgan fingerprint density at radius 2 is 1.95 bits per heavy atom. The van der Waals surface area contributed by atoms with Crippen LogP contribution in [0.25, 0.3) is 10.9 Å². The van der Waals surface area contributed by atoms with Crippen molar-refractivity contribution < 1.29 is 4.74 Å². The Balaban J connectivity index is 2.10. The minimum absolute atomic E-state index is 0.464. The summed E-state index contributed by atoms with van der Waals surface area (Å²) in [6.07, 6.45) is 1.58. The molecule has 0 aliphatic carbocycles. The highest BCUT2D eigenvalue weighted by molar-refractivity contribution is 5.89. The van der Waals surface area contributed by atoms with Gasteiger partial charge in [-0.3, -0.25) is 4.98 Å². The molecule has 0 aliphatic heterocycles. The predicted molar refractivity (Wildman–Crippen MR) is 77.4 cm³/mol. The van der Waals surface area contributed by atoms with Gasteiger partial charge in [0.15, 0.2) is 5.75 Å². The monoisotopic (exact) mass is 261 g/mol. The maximum atomic E-state index is 8.91. The fourth-order valence-electron chi connectivity index (χ4n) is 1.99. The molecular formula is C16H11N3O. The van der Waals surface area contributed by atoms with E-state index in [1.165, 1.54) is 0 Å². The van der Waals surface area contributed by atoms with Gasteiger partial charge in [-0.1, -0.05) is 18.2 Å². The third-order valence-corrected chi connectivity index (χ3v) is 2.94. The van der Waals surface area contributed by atoms with Crippen LogP contribution in [0.4, 0.5) is 5.69 Å². The maximum Gasteiger partial charge on any atom is 0.161 e. The minimum Gasteiger partial charge on any atom is -0.454 e. The highest BCUT2D eigenvalue weighted by atomic mass is 16.5. The van der Waals surface area contributed by atoms with Crippen LogP contribution in [0.2, 0.25) is 0 Å². The van der Waals surface area contributed by atoms with E-state index in [0.717, 1.165) is 10.9 Å². The molecule has 4 heteroatoms. The van der Waals surface area contributed by atoms with Crippen LogP contribution in [0.1, 0.15) is 5.56 Å². The number of benzene rings is 2. The molecule has 96 valence electrons. The van der Waals surface area contributed by atoms with E-state index in [2.05, 4.69) is 11.1 Å². The van der Waals surface area contributed by atoms with Crippen molar-refractivity contribution in [1.29, 1.82) is 5.26 Å². The van der Waals surface area contributed by atoms with Crippen molar-refractivity contribution in [3.63, 3.8) is 0 Å². The van der Waals surface area contributed by atoms with Crippen molar-refractivity contribution in [2.24, 2.45) is 0 Å². The molecule has 0 atom stereocenters. The fourth-order valence-corrected chi connectivity index (χ4v) is 1.99. The van der Waals surface area contributed by atoms with Gasteiger partial charge in [-0.05, 0) is 30.3 Å². The number of anilines is 1. The van der Waals surface area contributed by atoms with Gasteiger partial charge in [-0.15, -0.1) is 0 Å². The summed E-state index contributed by atoms with van der Waals surface area (Å²) in [4.78, 5) is 4.26. The summed E-state index contributed by atoms with van der Waals surface area (Å²) < 4.78 is 5.85. The van der Waals surface area contributed by atoms with Crippen LogP contribution in [0.5, 0.6) is 11.5 Å². The van der Waals surface area contributed by atoms with Gasteiger partial charge in [0.25, 0.3) is 0 Å². The second kappa shape index (κ2) is 4.90. The van der Waals surface area contributed by atoms with Gasteiger partial charge < -0.3 is 10.5 Å². The van der Waals surface area contributed by atoms with Crippen LogP contribution in [0.3, 0.4) is 0 Å². The van der Waals surface area contributed by atoms with Gasteiger partial charge in [0.1, 0.15) is 5.75 Å². The number of hydrogen-bond acceptors (Lipinski definition) is 4. The van der Waals surface area contributed by atoms with Crippen LogP contribution in [-0.4, -0.2) is 4.98 Å². The van der Waals surface area contributed by atoms with Crippen LogP contribution in [0.15, 0.2) is 54.7 Å². The first-order valence-electron chi connectivity index (χ1n) is 6.09. The number of nitrogens with zero attached hydrogens (tertiary/aromatic N) is 2. The van der Waals surface area contributed by atoms with Crippen molar-refractivity contribution >= 4 is 16.6 Å². The average molecular weight is 261 g/mol. The third-order valence-electron chi connectivity index (χ3n) is 2.94. The first-order chi connectivity index (χ1) is 9.78. The molecule has 0 saturated carbocycles. The standard InChI is InChI=1S/C16H11N3O/c17-9-11-4-3-5-12(8-11)20-16-13-6-1-2-7-15(13)19-10-14(16)18/h1-8,10H,18H2. The molecule has 0 fully saturated rings. The largest absolute Gasteiger partial charge is 0.454 e. The fraction of sp³-hybridized carbons (Fsp3) is 0. The molecule has 2 N–H and O–H groups in total. The van der Waals surface area contributed by atoms with Crippen LogP contribution in [0, 0.1) is 11.3 Å². The number of hydrogen-bond donors (Lipinski definition) is 1. The quantitative estimate of drug-likeness (QED) is 0.766. The third kappa shape index (κ3) is 2.13. The zero-order valence-electron chi connectivity index (χ0n) is 10.6. The first kappa shape index (κ1) is 12.0. The topological polar surface area (TPSA) is 71.9 Å². The number of ether oxygens (including phenoxy) is 1. The van der Waals surface area contributed by atoms with E-state index in [-0.39, 0.29) is 0 Å². The summed E-state index contributed by atoms with van der Waals surface area (Å²) in [6, 6.07) is 16.7. The van der Waals surface area contributed by atoms with Crippen LogP contribution >= 0.6 is 0 Å². The van der Waals surface area contributed by atoms with Crippen LogP contribution in [-0.2, 0) is 0 Å². The molecule has 1 heterocycles. The van der Waals surface area contributed by atoms with Crippen molar-refractivity contribution in [2.75, 3.05) is 5.73 Å². The molecule has 0 spiro atoms. The Kier molecular flexibility index (Phi) is 2.94. The van der Waals surface area contributed by atoms with Gasteiger partial charge in [-0.2, -0.15) is 5.26 Å². The average Bonchev–Trinajstić information content (AvgIpc) is 2.50. The normalized spacial score (nSPS) is 10.2. The number of nitrogens with two attached hydrogens (primary N) is 1. The number of nitriles is 1. The number of aromatic nitrogens is 1. The molecule has 0 aliphatic rings. The lowest BCUT2D eigenvalue weighted by Crippen LogP contribution is -1.95. The van der Waals surface area contributed by atoms with Crippen molar-refractivity contribution in [1.82, 2.24) is 4.98 Å². The SMILES string of the molecule is N#Cc1cccc(Oc2c(N)cnc3ccccc23)c1. The molecule has 1 aromatic heterocycles. The van der Waals surface area contributed by atoms with E-state index >= 15 is 0 Å². The summed E-state index contributed by atoms with van der Waals surface area (Å²) in [5, 5.41) is 9.76. The summed E-state index contributed by atoms with van der Waals surface area (Å²) in [5.41, 5.74) is 7.77. The molecule has 0 saturated heterocycles. The molecule has 3 rings (SSSR count). The van der Waals surface area contributed by atoms with Gasteiger partial charge in [0.2, 0.25) is 0 Å². The Labute approximate surface area is 116 Å². The lowest BCUT2D eigenvalue weighted by atomic mass is 10.2. The number of rotatable bonds is 2. The zero-order chi connectivity index (χ0) is 13.9. The molecule has 20 heavy (non-hydrogen) atoms. The molecule has 4 nitrogen and oxygen atoms in total. The number of nitrogen functional groups attached to an aromatic ring is 1. The molecule has 0 bridgehead atoms. The van der Waals surface area contributed by atoms with E-state index < -0.39 is 0 Å². The second-order valence-corrected chi connectivity index (χ2v) is 4.30. The highest BCUT2D eigenvalue weighted by Gasteiger charge is 2.09. The van der Waals surface area contributed by atoms with Gasteiger partial charge >= 0.3 is 0 Å². The number of pyridine rings is 1. The molecule has 0 radical (unpaired) electrons. The van der Waals surface area contributed by atoms with E-state index in [1.807, 2.05) is 24.3 Å². The lowest BCUT2D eigenvalue weighted by molar-refractivity contribution is 0.490. The number of fused-ring (bicyclic) bond motifs is 1. The highest BCUT2D eigenvalue weighted by Crippen LogP contribution is 2.34. The predicted octanol–water partition coefficient (Wildman–Crippen LogP) is 3.48. The molecule has 0 amide bonds. The van der Waals surface area contributed by atoms with Gasteiger partial charge in [0.05, 0.1) is 29.0 Å². The second-order valence-electron chi connectivity index (χ2n) is 4.30. The Morgan fingerprint density at radius 3 is 2.80 bits per heavy atom. The molecule has 3 aromatic rings. The Bertz CT molecular complexity index is 821. The molecule has 2 aromatic carbocycles. The van der Waals surface area contributed by atoms with Crippen molar-refractivity contribution in [2.45, 2.75) is 0 Å². The minimum atomic E-state index is 0.464. The lowest BCUT2D eigenvalue weighted by Gasteiger charge is -2.11. The first-order valence-corrected chi connectivity index (χ1v) is 6.09. The van der Waals surface area contributed by atoms with Gasteiger partial charge in [0, 0.05) is 5.39 Å². The zero-order valence-corrected chi connectivity index (χ0v) is 10.6. The molecule has 0 unspecified atom stereocenters. The van der Waals surface area contributed by atoms with Crippen LogP contribution < -0.4 is 10.5 Å².